The Morgan fingerprint density at radius 3 is 1.57 bits per heavy atom. The Bertz CT molecular complexity index is 3240. The summed E-state index contributed by atoms with van der Waals surface area (Å²) < 4.78 is 1.52. The quantitative estimate of drug-likeness (QED) is 0.163. The molecule has 2 nitrogen and oxygen atoms in total. The summed E-state index contributed by atoms with van der Waals surface area (Å²) in [5.74, 6) is 0. The number of nitrogens with zero attached hydrogens (tertiary/aromatic N) is 2. The maximum atomic E-state index is 2.80. The van der Waals surface area contributed by atoms with Gasteiger partial charge in [0.05, 0.1) is 11.4 Å². The van der Waals surface area contributed by atoms with Crippen molar-refractivity contribution in [2.45, 2.75) is 220 Å². The molecule has 0 fully saturated rings. The summed E-state index contributed by atoms with van der Waals surface area (Å²) in [5.41, 5.74) is 27.1. The second-order valence-electron chi connectivity index (χ2n) is 29.6. The topological polar surface area (TPSA) is 6.48 Å². The van der Waals surface area contributed by atoms with Crippen LogP contribution in [-0.2, 0) is 43.3 Å². The van der Waals surface area contributed by atoms with E-state index in [1.54, 1.807) is 10.4 Å². The van der Waals surface area contributed by atoms with Gasteiger partial charge in [-0.25, -0.2) is 0 Å². The Kier molecular flexibility index (Phi) is 10.7. The summed E-state index contributed by atoms with van der Waals surface area (Å²) in [6.07, 6.45) is 7.13. The monoisotopic (exact) mass is 973 g/mol. The van der Waals surface area contributed by atoms with Crippen molar-refractivity contribution in [3.8, 4) is 11.1 Å². The lowest BCUT2D eigenvalue weighted by atomic mass is 9.35. The van der Waals surface area contributed by atoms with Crippen molar-refractivity contribution in [3.63, 3.8) is 0 Å². The van der Waals surface area contributed by atoms with Gasteiger partial charge in [-0.3, -0.25) is 0 Å². The molecule has 0 saturated carbocycles. The molecule has 0 amide bonds. The summed E-state index contributed by atoms with van der Waals surface area (Å²) in [6, 6.07) is 33.0. The van der Waals surface area contributed by atoms with E-state index < -0.39 is 0 Å². The molecule has 72 heavy (non-hydrogen) atoms. The van der Waals surface area contributed by atoms with Crippen molar-refractivity contribution < 1.29 is 0 Å². The van der Waals surface area contributed by atoms with E-state index in [1.165, 1.54) is 144 Å². The van der Waals surface area contributed by atoms with Crippen LogP contribution in [0.25, 0.3) is 11.1 Å². The van der Waals surface area contributed by atoms with E-state index in [4.69, 9.17) is 0 Å². The van der Waals surface area contributed by atoms with Crippen LogP contribution in [0.4, 0.5) is 34.1 Å². The van der Waals surface area contributed by atoms with E-state index in [1.807, 2.05) is 0 Å². The molecule has 0 radical (unpaired) electrons. The minimum absolute atomic E-state index is 0.0214. The van der Waals surface area contributed by atoms with Crippen LogP contribution >= 0.6 is 11.3 Å². The van der Waals surface area contributed by atoms with Crippen molar-refractivity contribution in [2.24, 2.45) is 0 Å². The lowest BCUT2D eigenvalue weighted by molar-refractivity contribution is 0.332. The summed E-state index contributed by atoms with van der Waals surface area (Å²) in [6.45, 7) is 49.1. The number of thiophene rings is 1. The molecule has 3 heterocycles. The maximum Gasteiger partial charge on any atom is 0.264 e. The van der Waals surface area contributed by atoms with E-state index in [0.29, 0.717) is 0 Å². The number of aryl methyl sites for hydroxylation is 2. The molecule has 0 atom stereocenters. The van der Waals surface area contributed by atoms with Gasteiger partial charge >= 0.3 is 0 Å². The first-order chi connectivity index (χ1) is 33.2. The molecular weight excluding hydrogens is 888 g/mol. The summed E-state index contributed by atoms with van der Waals surface area (Å²) in [5, 5.41) is 0. The van der Waals surface area contributed by atoms with Gasteiger partial charge < -0.3 is 9.80 Å². The van der Waals surface area contributed by atoms with Crippen molar-refractivity contribution in [1.29, 1.82) is 0 Å². The molecule has 11 rings (SSSR count). The first-order valence-corrected chi connectivity index (χ1v) is 28.6. The average Bonchev–Trinajstić information content (AvgIpc) is 3.70. The van der Waals surface area contributed by atoms with Crippen molar-refractivity contribution in [1.82, 2.24) is 0 Å². The molecule has 0 N–H and O–H groups in total. The Hall–Kier alpha value is -4.54. The highest BCUT2D eigenvalue weighted by Gasteiger charge is 2.52. The molecule has 6 aromatic rings. The van der Waals surface area contributed by atoms with Gasteiger partial charge in [-0.2, -0.15) is 11.3 Å². The van der Waals surface area contributed by atoms with Crippen LogP contribution in [0.3, 0.4) is 0 Å². The van der Waals surface area contributed by atoms with Crippen LogP contribution in [0.5, 0.6) is 0 Å². The predicted octanol–water partition coefficient (Wildman–Crippen LogP) is 17.8. The average molecular weight is 973 g/mol. The molecule has 3 aliphatic carbocycles. The normalized spacial score (nSPS) is 20.5. The minimum Gasteiger partial charge on any atom is -0.311 e. The van der Waals surface area contributed by atoms with E-state index in [2.05, 4.69) is 238 Å². The largest absolute Gasteiger partial charge is 0.311 e. The third-order valence-electron chi connectivity index (χ3n) is 19.2. The van der Waals surface area contributed by atoms with Crippen LogP contribution in [0.15, 0.2) is 78.9 Å². The van der Waals surface area contributed by atoms with Gasteiger partial charge in [0.25, 0.3) is 6.71 Å². The molecule has 5 aromatic carbocycles. The molecule has 0 spiro atoms. The maximum absolute atomic E-state index is 2.80. The second-order valence-corrected chi connectivity index (χ2v) is 30.6. The van der Waals surface area contributed by atoms with Crippen molar-refractivity contribution in [2.75, 3.05) is 9.80 Å². The Labute approximate surface area is 440 Å². The number of fused-ring (bicyclic) bond motifs is 8. The molecule has 0 saturated heterocycles. The van der Waals surface area contributed by atoms with Crippen LogP contribution < -0.4 is 25.5 Å². The summed E-state index contributed by atoms with van der Waals surface area (Å²) in [7, 11) is 0. The fourth-order valence-electron chi connectivity index (χ4n) is 14.1. The van der Waals surface area contributed by atoms with Crippen LogP contribution in [-0.4, -0.2) is 6.71 Å². The number of hydrogen-bond donors (Lipinski definition) is 0. The van der Waals surface area contributed by atoms with Gasteiger partial charge in [-0.1, -0.05) is 167 Å². The van der Waals surface area contributed by atoms with Crippen molar-refractivity contribution >= 4 is 67.9 Å². The molecule has 4 heteroatoms. The van der Waals surface area contributed by atoms with Gasteiger partial charge in [0.15, 0.2) is 0 Å². The molecule has 0 bridgehead atoms. The zero-order chi connectivity index (χ0) is 52.0. The first-order valence-electron chi connectivity index (χ1n) is 27.8. The van der Waals surface area contributed by atoms with E-state index in [9.17, 15) is 0 Å². The van der Waals surface area contributed by atoms with E-state index >= 15 is 0 Å². The zero-order valence-electron chi connectivity index (χ0n) is 48.1. The number of rotatable bonds is 3. The minimum atomic E-state index is -0.0329. The first kappa shape index (κ1) is 49.7. The van der Waals surface area contributed by atoms with E-state index in [0.717, 1.165) is 0 Å². The predicted molar refractivity (Wildman–Crippen MR) is 317 cm³/mol. The summed E-state index contributed by atoms with van der Waals surface area (Å²) in [4.78, 5) is 7.14. The Balaban J connectivity index is 1.29. The molecule has 376 valence electrons. The number of anilines is 6. The van der Waals surface area contributed by atoms with Gasteiger partial charge in [-0.15, -0.1) is 0 Å². The highest BCUT2D eigenvalue weighted by atomic mass is 32.1. The molecular formula is C68H85BN2S. The standard InChI is InChI=1S/C68H85BN2S/c1-40-33-53-56-54(34-40)71(57-41(2)35-44(62(6,7)8)37-46(57)42-21-26-47-48(36-42)64(11,12)28-27-63(47,9)10)52-39-50-49(65(13,14)29-30-66(50,15)16)38-51(52)69(56)60-58(55-59(72-60)68(19,20)32-31-67(55,17)18)70(53)45-24-22-43(23-25-45)61(3,4)5/h21-26,33-39H,27-32H2,1-20H3. The van der Waals surface area contributed by atoms with Crippen molar-refractivity contribution in [3.05, 3.63) is 134 Å². The van der Waals surface area contributed by atoms with Crippen LogP contribution in [0, 0.1) is 13.8 Å². The fraction of sp³-hybridized carbons (Fsp3) is 0.500. The van der Waals surface area contributed by atoms with Gasteiger partial charge in [0, 0.05) is 38.0 Å². The van der Waals surface area contributed by atoms with Gasteiger partial charge in [-0.05, 0) is 199 Å². The zero-order valence-corrected chi connectivity index (χ0v) is 48.9. The Morgan fingerprint density at radius 1 is 0.472 bits per heavy atom. The number of benzene rings is 5. The van der Waals surface area contributed by atoms with Gasteiger partial charge in [0.1, 0.15) is 0 Å². The number of hydrogen-bond acceptors (Lipinski definition) is 3. The summed E-state index contributed by atoms with van der Waals surface area (Å²) >= 11 is 2.15. The van der Waals surface area contributed by atoms with Crippen LogP contribution in [0.2, 0.25) is 0 Å². The van der Waals surface area contributed by atoms with E-state index in [-0.39, 0.29) is 50.0 Å². The molecule has 5 aliphatic rings. The molecule has 2 aliphatic heterocycles. The fourth-order valence-corrected chi connectivity index (χ4v) is 15.8. The lowest BCUT2D eigenvalue weighted by Gasteiger charge is -2.48. The highest BCUT2D eigenvalue weighted by Crippen LogP contribution is 2.58. The van der Waals surface area contributed by atoms with Gasteiger partial charge in [0.2, 0.25) is 0 Å². The lowest BCUT2D eigenvalue weighted by Crippen LogP contribution is -2.61. The smallest absolute Gasteiger partial charge is 0.264 e. The third kappa shape index (κ3) is 7.42. The second kappa shape index (κ2) is 15.5. The van der Waals surface area contributed by atoms with Crippen LogP contribution in [0.1, 0.15) is 218 Å². The SMILES string of the molecule is Cc1cc2c3c(c1)N(c1c(C)cc(C(C)(C)C)cc1-c1ccc4c(c1)C(C)(C)CCC4(C)C)c1cc4c(cc1B3c1sc3c(c1N2c1ccc(C(C)(C)C)cc1)C(C)(C)CCC3(C)C)C(C)(C)CCC4(C)C. The highest BCUT2D eigenvalue weighted by molar-refractivity contribution is 7.29. The third-order valence-corrected chi connectivity index (χ3v) is 20.8. The molecule has 0 unspecified atom stereocenters. The Morgan fingerprint density at radius 2 is 0.986 bits per heavy atom. The molecule has 1 aromatic heterocycles.